The molecule has 0 aromatic rings. The van der Waals surface area contributed by atoms with Crippen LogP contribution in [0, 0.1) is 0 Å². The second-order valence-corrected chi connectivity index (χ2v) is 6.50. The maximum Gasteiger partial charge on any atom is 0.304 e. The van der Waals surface area contributed by atoms with E-state index >= 15 is 0 Å². The molecular weight excluding hydrogens is 268 g/mol. The van der Waals surface area contributed by atoms with E-state index in [4.69, 9.17) is 5.11 Å². The second kappa shape index (κ2) is 16.6. The average Bonchev–Trinajstić information content (AvgIpc) is 2.43. The molecule has 0 bridgehead atoms. The Morgan fingerprint density at radius 3 is 2.15 bits per heavy atom. The highest BCUT2D eigenvalue weighted by Gasteiger charge is 1.96. The standard InChI is InChI=1S/C17H32O2S/c1-2-3-4-5-6-7-8-9-10-11-12-13-15-20-16-14-17(18)19/h9-10H,2-8,11-16H2,1H3,(H,18,19)/b10-9-. The van der Waals surface area contributed by atoms with Crippen molar-refractivity contribution in [2.75, 3.05) is 11.5 Å². The summed E-state index contributed by atoms with van der Waals surface area (Å²) in [5.74, 6) is 1.16. The van der Waals surface area contributed by atoms with Gasteiger partial charge in [0.1, 0.15) is 0 Å². The number of carbonyl (C=O) groups is 1. The van der Waals surface area contributed by atoms with Gasteiger partial charge in [0, 0.05) is 5.75 Å². The normalized spacial score (nSPS) is 11.2. The zero-order chi connectivity index (χ0) is 14.9. The Morgan fingerprint density at radius 2 is 1.50 bits per heavy atom. The Bertz CT molecular complexity index is 239. The quantitative estimate of drug-likeness (QED) is 0.313. The van der Waals surface area contributed by atoms with Crippen molar-refractivity contribution in [3.63, 3.8) is 0 Å². The number of thioether (sulfide) groups is 1. The third-order valence-corrected chi connectivity index (χ3v) is 4.33. The van der Waals surface area contributed by atoms with Crippen molar-refractivity contribution >= 4 is 17.7 Å². The number of carboxylic acid groups (broad SMARTS) is 1. The molecule has 0 atom stereocenters. The van der Waals surface area contributed by atoms with Crippen LogP contribution in [0.25, 0.3) is 0 Å². The van der Waals surface area contributed by atoms with Gasteiger partial charge in [-0.05, 0) is 37.9 Å². The van der Waals surface area contributed by atoms with Crippen LogP contribution in [-0.4, -0.2) is 22.6 Å². The molecule has 0 aliphatic rings. The fourth-order valence-corrected chi connectivity index (χ4v) is 2.94. The molecule has 0 rings (SSSR count). The summed E-state index contributed by atoms with van der Waals surface area (Å²) in [4.78, 5) is 10.3. The molecule has 0 amide bonds. The van der Waals surface area contributed by atoms with Gasteiger partial charge in [-0.2, -0.15) is 11.8 Å². The molecule has 1 N–H and O–H groups in total. The van der Waals surface area contributed by atoms with Crippen LogP contribution >= 0.6 is 11.8 Å². The van der Waals surface area contributed by atoms with Crippen LogP contribution < -0.4 is 0 Å². The van der Waals surface area contributed by atoms with Gasteiger partial charge in [-0.15, -0.1) is 0 Å². The number of rotatable bonds is 15. The number of carboxylic acids is 1. The highest BCUT2D eigenvalue weighted by atomic mass is 32.2. The Morgan fingerprint density at radius 1 is 0.900 bits per heavy atom. The maximum atomic E-state index is 10.3. The van der Waals surface area contributed by atoms with Crippen LogP contribution in [0.3, 0.4) is 0 Å². The first-order chi connectivity index (χ1) is 9.77. The molecular formula is C17H32O2S. The number of unbranched alkanes of at least 4 members (excludes halogenated alkanes) is 8. The molecule has 0 saturated carbocycles. The summed E-state index contributed by atoms with van der Waals surface area (Å²) in [5, 5.41) is 8.49. The van der Waals surface area contributed by atoms with E-state index in [1.54, 1.807) is 11.8 Å². The fraction of sp³-hybridized carbons (Fsp3) is 0.824. The van der Waals surface area contributed by atoms with Gasteiger partial charge >= 0.3 is 5.97 Å². The Kier molecular flexibility index (Phi) is 16.2. The summed E-state index contributed by atoms with van der Waals surface area (Å²) in [6.45, 7) is 2.26. The van der Waals surface area contributed by atoms with Crippen molar-refractivity contribution in [2.45, 2.75) is 77.6 Å². The summed E-state index contributed by atoms with van der Waals surface area (Å²) < 4.78 is 0. The van der Waals surface area contributed by atoms with Gasteiger partial charge in [-0.1, -0.05) is 51.2 Å². The van der Waals surface area contributed by atoms with Crippen molar-refractivity contribution in [2.24, 2.45) is 0 Å². The SMILES string of the molecule is CCCCCCCC/C=C\CCCCSCCC(=O)O. The van der Waals surface area contributed by atoms with Gasteiger partial charge in [-0.25, -0.2) is 0 Å². The van der Waals surface area contributed by atoms with E-state index < -0.39 is 5.97 Å². The van der Waals surface area contributed by atoms with Gasteiger partial charge in [0.05, 0.1) is 6.42 Å². The molecule has 118 valence electrons. The van der Waals surface area contributed by atoms with Crippen LogP contribution in [0.5, 0.6) is 0 Å². The van der Waals surface area contributed by atoms with Crippen molar-refractivity contribution < 1.29 is 9.90 Å². The lowest BCUT2D eigenvalue weighted by atomic mass is 10.1. The average molecular weight is 301 g/mol. The fourth-order valence-electron chi connectivity index (χ4n) is 2.01. The first kappa shape index (κ1) is 19.6. The maximum absolute atomic E-state index is 10.3. The lowest BCUT2D eigenvalue weighted by Gasteiger charge is -1.99. The Balaban J connectivity index is 3.07. The minimum absolute atomic E-state index is 0.294. The van der Waals surface area contributed by atoms with Gasteiger partial charge in [0.25, 0.3) is 0 Å². The van der Waals surface area contributed by atoms with E-state index in [2.05, 4.69) is 19.1 Å². The smallest absolute Gasteiger partial charge is 0.304 e. The molecule has 0 fully saturated rings. The Labute approximate surface area is 129 Å². The van der Waals surface area contributed by atoms with Gasteiger partial charge in [0.15, 0.2) is 0 Å². The Hall–Kier alpha value is -0.440. The zero-order valence-corrected chi connectivity index (χ0v) is 13.9. The van der Waals surface area contributed by atoms with E-state index in [1.165, 1.54) is 64.2 Å². The van der Waals surface area contributed by atoms with Crippen molar-refractivity contribution in [1.29, 1.82) is 0 Å². The number of aliphatic carboxylic acids is 1. The van der Waals surface area contributed by atoms with E-state index in [-0.39, 0.29) is 0 Å². The van der Waals surface area contributed by atoms with Gasteiger partial charge in [-0.3, -0.25) is 4.79 Å². The molecule has 0 heterocycles. The van der Waals surface area contributed by atoms with Gasteiger partial charge in [0.2, 0.25) is 0 Å². The molecule has 2 nitrogen and oxygen atoms in total. The van der Waals surface area contributed by atoms with E-state index in [0.29, 0.717) is 6.42 Å². The molecule has 0 aliphatic carbocycles. The summed E-state index contributed by atoms with van der Waals surface area (Å²) in [6, 6.07) is 0. The molecule has 0 radical (unpaired) electrons. The molecule has 3 heteroatoms. The van der Waals surface area contributed by atoms with E-state index in [1.807, 2.05) is 0 Å². The highest BCUT2D eigenvalue weighted by Crippen LogP contribution is 2.09. The van der Waals surface area contributed by atoms with Crippen molar-refractivity contribution in [3.8, 4) is 0 Å². The summed E-state index contributed by atoms with van der Waals surface area (Å²) in [5.41, 5.74) is 0. The predicted molar refractivity (Wildman–Crippen MR) is 90.6 cm³/mol. The second-order valence-electron chi connectivity index (χ2n) is 5.28. The lowest BCUT2D eigenvalue weighted by molar-refractivity contribution is -0.136. The number of allylic oxidation sites excluding steroid dienone is 2. The molecule has 20 heavy (non-hydrogen) atoms. The molecule has 0 aromatic carbocycles. The van der Waals surface area contributed by atoms with Crippen molar-refractivity contribution in [1.82, 2.24) is 0 Å². The molecule has 0 spiro atoms. The predicted octanol–water partition coefficient (Wildman–Crippen LogP) is 5.67. The van der Waals surface area contributed by atoms with Crippen LogP contribution in [-0.2, 0) is 4.79 Å². The molecule has 0 unspecified atom stereocenters. The minimum atomic E-state index is -0.685. The van der Waals surface area contributed by atoms with Gasteiger partial charge < -0.3 is 5.11 Å². The largest absolute Gasteiger partial charge is 0.481 e. The van der Waals surface area contributed by atoms with Crippen LogP contribution in [0.15, 0.2) is 12.2 Å². The monoisotopic (exact) mass is 300 g/mol. The van der Waals surface area contributed by atoms with E-state index in [0.717, 1.165) is 11.5 Å². The number of hydrogen-bond acceptors (Lipinski definition) is 2. The molecule has 0 aromatic heterocycles. The minimum Gasteiger partial charge on any atom is -0.481 e. The molecule has 0 saturated heterocycles. The number of hydrogen-bond donors (Lipinski definition) is 1. The molecule has 0 aliphatic heterocycles. The lowest BCUT2D eigenvalue weighted by Crippen LogP contribution is -1.96. The van der Waals surface area contributed by atoms with Crippen LogP contribution in [0.4, 0.5) is 0 Å². The summed E-state index contributed by atoms with van der Waals surface area (Å²) in [7, 11) is 0. The third-order valence-electron chi connectivity index (χ3n) is 3.26. The van der Waals surface area contributed by atoms with Crippen LogP contribution in [0.2, 0.25) is 0 Å². The third kappa shape index (κ3) is 17.6. The van der Waals surface area contributed by atoms with Crippen molar-refractivity contribution in [3.05, 3.63) is 12.2 Å². The topological polar surface area (TPSA) is 37.3 Å². The van der Waals surface area contributed by atoms with E-state index in [9.17, 15) is 4.79 Å². The first-order valence-corrected chi connectivity index (χ1v) is 9.37. The first-order valence-electron chi connectivity index (χ1n) is 8.22. The van der Waals surface area contributed by atoms with Crippen LogP contribution in [0.1, 0.15) is 77.6 Å². The zero-order valence-electron chi connectivity index (χ0n) is 13.1. The summed E-state index contributed by atoms with van der Waals surface area (Å²) >= 11 is 1.76. The summed E-state index contributed by atoms with van der Waals surface area (Å²) in [6.07, 6.45) is 18.0. The highest BCUT2D eigenvalue weighted by molar-refractivity contribution is 7.99.